The van der Waals surface area contributed by atoms with Gasteiger partial charge in [-0.3, -0.25) is 0 Å². The molecule has 0 saturated heterocycles. The number of rotatable bonds is 4. The van der Waals surface area contributed by atoms with Crippen LogP contribution in [-0.4, -0.2) is 15.0 Å². The van der Waals surface area contributed by atoms with Crippen LogP contribution in [0.3, 0.4) is 0 Å². The fourth-order valence-electron chi connectivity index (χ4n) is 1.67. The molecule has 0 saturated carbocycles. The molecule has 2 aromatic rings. The molecule has 1 aromatic carbocycles. The van der Waals surface area contributed by atoms with Gasteiger partial charge in [-0.05, 0) is 32.4 Å². The van der Waals surface area contributed by atoms with Crippen LogP contribution >= 0.6 is 11.6 Å². The molecule has 19 heavy (non-hydrogen) atoms. The standard InChI is InChI=1S/C14H19ClN4/c1-14(2,3)19-10-12(17-18-19)9-16-8-11-6-4-5-7-13(11)15/h4-7,10,16H,8-9H2,1-3H3. The lowest BCUT2D eigenvalue weighted by Gasteiger charge is -2.17. The Labute approximate surface area is 118 Å². The van der Waals surface area contributed by atoms with Crippen molar-refractivity contribution in [3.63, 3.8) is 0 Å². The summed E-state index contributed by atoms with van der Waals surface area (Å²) < 4.78 is 1.87. The fourth-order valence-corrected chi connectivity index (χ4v) is 1.88. The smallest absolute Gasteiger partial charge is 0.0965 e. The highest BCUT2D eigenvalue weighted by Gasteiger charge is 2.14. The van der Waals surface area contributed by atoms with Gasteiger partial charge in [-0.2, -0.15) is 0 Å². The van der Waals surface area contributed by atoms with Gasteiger partial charge in [0.05, 0.1) is 17.4 Å². The third-order valence-corrected chi connectivity index (χ3v) is 3.18. The van der Waals surface area contributed by atoms with Gasteiger partial charge in [-0.25, -0.2) is 4.68 Å². The van der Waals surface area contributed by atoms with Gasteiger partial charge >= 0.3 is 0 Å². The van der Waals surface area contributed by atoms with Crippen LogP contribution < -0.4 is 5.32 Å². The minimum absolute atomic E-state index is 0.0337. The van der Waals surface area contributed by atoms with Crippen LogP contribution in [0, 0.1) is 0 Å². The summed E-state index contributed by atoms with van der Waals surface area (Å²) in [7, 11) is 0. The number of benzene rings is 1. The van der Waals surface area contributed by atoms with Crippen molar-refractivity contribution in [1.82, 2.24) is 20.3 Å². The molecule has 4 nitrogen and oxygen atoms in total. The highest BCUT2D eigenvalue weighted by molar-refractivity contribution is 6.31. The van der Waals surface area contributed by atoms with E-state index in [1.165, 1.54) is 0 Å². The predicted molar refractivity (Wildman–Crippen MR) is 77.0 cm³/mol. The van der Waals surface area contributed by atoms with E-state index in [4.69, 9.17) is 11.6 Å². The zero-order chi connectivity index (χ0) is 13.9. The molecule has 5 heteroatoms. The van der Waals surface area contributed by atoms with Crippen molar-refractivity contribution < 1.29 is 0 Å². The average molecular weight is 279 g/mol. The van der Waals surface area contributed by atoms with Crippen molar-refractivity contribution in [2.24, 2.45) is 0 Å². The summed E-state index contributed by atoms with van der Waals surface area (Å²) >= 11 is 6.10. The molecule has 0 unspecified atom stereocenters. The second-order valence-electron chi connectivity index (χ2n) is 5.52. The van der Waals surface area contributed by atoms with Gasteiger partial charge in [0, 0.05) is 18.1 Å². The SMILES string of the molecule is CC(C)(C)n1cc(CNCc2ccccc2Cl)nn1. The highest BCUT2D eigenvalue weighted by atomic mass is 35.5. The lowest BCUT2D eigenvalue weighted by Crippen LogP contribution is -2.22. The Hall–Kier alpha value is -1.39. The van der Waals surface area contributed by atoms with Gasteiger partial charge in [-0.1, -0.05) is 35.0 Å². The molecular formula is C14H19ClN4. The Morgan fingerprint density at radius 1 is 1.21 bits per heavy atom. The molecule has 102 valence electrons. The number of aromatic nitrogens is 3. The first kappa shape index (κ1) is 14.0. The average Bonchev–Trinajstić information content (AvgIpc) is 2.80. The topological polar surface area (TPSA) is 42.7 Å². The molecule has 0 aliphatic rings. The summed E-state index contributed by atoms with van der Waals surface area (Å²) in [6.45, 7) is 7.71. The van der Waals surface area contributed by atoms with Gasteiger partial charge in [0.2, 0.25) is 0 Å². The van der Waals surface area contributed by atoms with Gasteiger partial charge in [0.25, 0.3) is 0 Å². The molecule has 0 fully saturated rings. The van der Waals surface area contributed by atoms with Crippen LogP contribution in [0.4, 0.5) is 0 Å². The molecule has 0 spiro atoms. The van der Waals surface area contributed by atoms with Crippen molar-refractivity contribution in [3.8, 4) is 0 Å². The fraction of sp³-hybridized carbons (Fsp3) is 0.429. The largest absolute Gasteiger partial charge is 0.307 e. The summed E-state index contributed by atoms with van der Waals surface area (Å²) in [5, 5.41) is 12.4. The number of hydrogen-bond acceptors (Lipinski definition) is 3. The van der Waals surface area contributed by atoms with E-state index in [1.807, 2.05) is 35.1 Å². The molecule has 0 bridgehead atoms. The second-order valence-corrected chi connectivity index (χ2v) is 5.93. The van der Waals surface area contributed by atoms with E-state index in [-0.39, 0.29) is 5.54 Å². The quantitative estimate of drug-likeness (QED) is 0.935. The normalized spacial score (nSPS) is 11.8. The molecule has 0 atom stereocenters. The van der Waals surface area contributed by atoms with E-state index < -0.39 is 0 Å². The van der Waals surface area contributed by atoms with E-state index in [0.29, 0.717) is 6.54 Å². The zero-order valence-electron chi connectivity index (χ0n) is 11.5. The monoisotopic (exact) mass is 278 g/mol. The number of nitrogens with zero attached hydrogens (tertiary/aromatic N) is 3. The minimum atomic E-state index is -0.0337. The molecule has 2 rings (SSSR count). The summed E-state index contributed by atoms with van der Waals surface area (Å²) in [6.07, 6.45) is 1.97. The van der Waals surface area contributed by atoms with Crippen LogP contribution in [0.15, 0.2) is 30.5 Å². The molecule has 0 amide bonds. The van der Waals surface area contributed by atoms with E-state index >= 15 is 0 Å². The summed E-state index contributed by atoms with van der Waals surface area (Å²) in [6, 6.07) is 7.83. The van der Waals surface area contributed by atoms with Gasteiger partial charge in [0.1, 0.15) is 0 Å². The van der Waals surface area contributed by atoms with Crippen molar-refractivity contribution in [2.45, 2.75) is 39.4 Å². The summed E-state index contributed by atoms with van der Waals surface area (Å²) in [5.74, 6) is 0. The van der Waals surface area contributed by atoms with Crippen LogP contribution in [0.2, 0.25) is 5.02 Å². The predicted octanol–water partition coefficient (Wildman–Crippen LogP) is 2.98. The first-order valence-electron chi connectivity index (χ1n) is 6.32. The van der Waals surface area contributed by atoms with Crippen molar-refractivity contribution >= 4 is 11.6 Å². The van der Waals surface area contributed by atoms with Gasteiger partial charge < -0.3 is 5.32 Å². The highest BCUT2D eigenvalue weighted by Crippen LogP contribution is 2.15. The summed E-state index contributed by atoms with van der Waals surface area (Å²) in [4.78, 5) is 0. The van der Waals surface area contributed by atoms with Gasteiger partial charge in [0.15, 0.2) is 0 Å². The van der Waals surface area contributed by atoms with E-state index in [1.54, 1.807) is 0 Å². The Bertz CT molecular complexity index is 542. The lowest BCUT2D eigenvalue weighted by atomic mass is 10.1. The summed E-state index contributed by atoms with van der Waals surface area (Å²) in [5.41, 5.74) is 1.99. The Balaban J connectivity index is 1.90. The molecule has 0 aliphatic heterocycles. The number of halogens is 1. The van der Waals surface area contributed by atoms with E-state index in [9.17, 15) is 0 Å². The molecule has 1 heterocycles. The number of hydrogen-bond donors (Lipinski definition) is 1. The van der Waals surface area contributed by atoms with Crippen LogP contribution in [0.25, 0.3) is 0 Å². The third-order valence-electron chi connectivity index (χ3n) is 2.81. The zero-order valence-corrected chi connectivity index (χ0v) is 12.3. The maximum absolute atomic E-state index is 6.10. The van der Waals surface area contributed by atoms with Crippen molar-refractivity contribution in [2.75, 3.05) is 0 Å². The maximum atomic E-state index is 6.10. The third kappa shape index (κ3) is 3.78. The first-order valence-corrected chi connectivity index (χ1v) is 6.70. The molecular weight excluding hydrogens is 260 g/mol. The van der Waals surface area contributed by atoms with Crippen molar-refractivity contribution in [3.05, 3.63) is 46.7 Å². The van der Waals surface area contributed by atoms with E-state index in [2.05, 4.69) is 36.4 Å². The minimum Gasteiger partial charge on any atom is -0.307 e. The van der Waals surface area contributed by atoms with Gasteiger partial charge in [-0.15, -0.1) is 5.10 Å². The maximum Gasteiger partial charge on any atom is 0.0965 e. The molecule has 1 aromatic heterocycles. The van der Waals surface area contributed by atoms with Crippen molar-refractivity contribution in [1.29, 1.82) is 0 Å². The molecule has 1 N–H and O–H groups in total. The Kier molecular flexibility index (Phi) is 4.22. The first-order chi connectivity index (χ1) is 8.97. The lowest BCUT2D eigenvalue weighted by molar-refractivity contribution is 0.347. The molecule has 0 radical (unpaired) electrons. The van der Waals surface area contributed by atoms with Crippen LogP contribution in [0.5, 0.6) is 0 Å². The van der Waals surface area contributed by atoms with E-state index in [0.717, 1.165) is 22.8 Å². The van der Waals surface area contributed by atoms with Crippen LogP contribution in [-0.2, 0) is 18.6 Å². The Morgan fingerprint density at radius 3 is 2.58 bits per heavy atom. The second kappa shape index (κ2) is 5.72. The molecule has 0 aliphatic carbocycles. The number of nitrogens with one attached hydrogen (secondary N) is 1. The Morgan fingerprint density at radius 2 is 1.95 bits per heavy atom. The van der Waals surface area contributed by atoms with Crippen LogP contribution in [0.1, 0.15) is 32.0 Å².